The van der Waals surface area contributed by atoms with Crippen molar-refractivity contribution in [1.29, 1.82) is 0 Å². The summed E-state index contributed by atoms with van der Waals surface area (Å²) < 4.78 is 0. The summed E-state index contributed by atoms with van der Waals surface area (Å²) in [6, 6.07) is 81.4. The minimum absolute atomic E-state index is 0.260. The molecule has 0 fully saturated rings. The van der Waals surface area contributed by atoms with E-state index in [0.717, 1.165) is 17.1 Å². The molecule has 0 saturated heterocycles. The van der Waals surface area contributed by atoms with Gasteiger partial charge in [0.15, 0.2) is 0 Å². The number of hydrogen-bond acceptors (Lipinski definition) is 2. The predicted octanol–water partition coefficient (Wildman–Crippen LogP) is 15.6. The summed E-state index contributed by atoms with van der Waals surface area (Å²) in [6.45, 7) is 0. The van der Waals surface area contributed by atoms with Gasteiger partial charge in [-0.3, -0.25) is 0 Å². The van der Waals surface area contributed by atoms with E-state index in [1.165, 1.54) is 83.7 Å². The summed E-state index contributed by atoms with van der Waals surface area (Å²) in [7, 11) is 0. The first-order chi connectivity index (χ1) is 31.3. The zero-order valence-electron chi connectivity index (χ0n) is 34.6. The Labute approximate surface area is 369 Å². The molecule has 0 bridgehead atoms. The van der Waals surface area contributed by atoms with E-state index in [-0.39, 0.29) is 6.04 Å². The van der Waals surface area contributed by atoms with Crippen molar-refractivity contribution in [2.75, 3.05) is 9.80 Å². The molecule has 0 aromatic heterocycles. The van der Waals surface area contributed by atoms with Crippen LogP contribution < -0.4 is 9.80 Å². The lowest BCUT2D eigenvalue weighted by molar-refractivity contribution is 0.745. The molecule has 1 aliphatic heterocycles. The van der Waals surface area contributed by atoms with Gasteiger partial charge in [0.05, 0.1) is 11.5 Å². The Morgan fingerprint density at radius 2 is 0.889 bits per heavy atom. The van der Waals surface area contributed by atoms with Crippen LogP contribution in [-0.2, 0) is 5.41 Å². The van der Waals surface area contributed by atoms with Crippen LogP contribution in [0.5, 0.6) is 0 Å². The standard InChI is InChI=1S/C61H42N2/c1-3-16-41(17-4-1)43-18-15-21-47(38-43)62(46-33-30-42(31-34-46)44-32-37-60-54(39-44)53-25-10-14-29-59(53)63(60)45-19-5-2-6-20-45)48-35-36-52-51-24-9-13-28-57(51)61(58(52)40-48)55-26-11-7-22-49(55)50-23-8-12-27-56(50)61/h1-40,53,59H. The molecule has 63 heavy (non-hydrogen) atoms. The van der Waals surface area contributed by atoms with Crippen LogP contribution in [0.2, 0.25) is 0 Å². The highest BCUT2D eigenvalue weighted by atomic mass is 15.2. The summed E-state index contributed by atoms with van der Waals surface area (Å²) in [4.78, 5) is 4.94. The average molecular weight is 803 g/mol. The van der Waals surface area contributed by atoms with E-state index in [1.54, 1.807) is 0 Å². The van der Waals surface area contributed by atoms with Crippen molar-refractivity contribution in [1.82, 2.24) is 0 Å². The summed E-state index contributed by atoms with van der Waals surface area (Å²) in [5.41, 5.74) is 22.2. The second-order valence-electron chi connectivity index (χ2n) is 17.2. The Balaban J connectivity index is 0.960. The van der Waals surface area contributed by atoms with E-state index >= 15 is 0 Å². The SMILES string of the molecule is C1=CC2c3cc(-c4ccc(N(c5cccc(-c6ccccc6)c5)c5ccc6c(c5)C5(c7ccccc7-c7ccccc75)c5ccccc5-6)cc4)ccc3N(c3ccccc3)C2C=C1. The third-order valence-corrected chi connectivity index (χ3v) is 14.0. The summed E-state index contributed by atoms with van der Waals surface area (Å²) >= 11 is 0. The van der Waals surface area contributed by atoms with Gasteiger partial charge in [-0.2, -0.15) is 0 Å². The first-order valence-corrected chi connectivity index (χ1v) is 22.1. The molecule has 0 radical (unpaired) electrons. The van der Waals surface area contributed by atoms with Crippen LogP contribution >= 0.6 is 0 Å². The molecule has 2 heteroatoms. The number of rotatable bonds is 6. The zero-order valence-corrected chi connectivity index (χ0v) is 34.6. The lowest BCUT2D eigenvalue weighted by Crippen LogP contribution is -2.28. The highest BCUT2D eigenvalue weighted by Gasteiger charge is 2.51. The van der Waals surface area contributed by atoms with Crippen molar-refractivity contribution in [3.8, 4) is 44.5 Å². The zero-order chi connectivity index (χ0) is 41.5. The molecule has 13 rings (SSSR count). The highest BCUT2D eigenvalue weighted by Crippen LogP contribution is 2.63. The number of para-hydroxylation sites is 1. The van der Waals surface area contributed by atoms with E-state index in [0.29, 0.717) is 5.92 Å². The average Bonchev–Trinajstić information content (AvgIpc) is 3.96. The van der Waals surface area contributed by atoms with E-state index in [4.69, 9.17) is 0 Å². The lowest BCUT2D eigenvalue weighted by atomic mass is 9.70. The van der Waals surface area contributed by atoms with Gasteiger partial charge in [0.1, 0.15) is 0 Å². The largest absolute Gasteiger partial charge is 0.333 e. The Hall–Kier alpha value is -7.94. The third-order valence-electron chi connectivity index (χ3n) is 14.0. The van der Waals surface area contributed by atoms with Crippen molar-refractivity contribution >= 4 is 28.4 Å². The molecule has 3 aliphatic carbocycles. The number of allylic oxidation sites excluding steroid dienone is 2. The van der Waals surface area contributed by atoms with Gasteiger partial charge in [-0.25, -0.2) is 0 Å². The van der Waals surface area contributed by atoms with Gasteiger partial charge in [-0.05, 0) is 133 Å². The van der Waals surface area contributed by atoms with Crippen molar-refractivity contribution in [2.24, 2.45) is 0 Å². The third kappa shape index (κ3) is 5.31. The molecular weight excluding hydrogens is 761 g/mol. The van der Waals surface area contributed by atoms with Gasteiger partial charge < -0.3 is 9.80 Å². The van der Waals surface area contributed by atoms with Gasteiger partial charge in [0.2, 0.25) is 0 Å². The van der Waals surface area contributed by atoms with Crippen molar-refractivity contribution in [2.45, 2.75) is 17.4 Å². The van der Waals surface area contributed by atoms with Gasteiger partial charge in [-0.1, -0.05) is 182 Å². The maximum absolute atomic E-state index is 2.50. The topological polar surface area (TPSA) is 6.48 Å². The molecule has 9 aromatic carbocycles. The minimum Gasteiger partial charge on any atom is -0.333 e. The van der Waals surface area contributed by atoms with Crippen molar-refractivity contribution in [3.05, 3.63) is 271 Å². The molecule has 1 spiro atoms. The molecule has 2 nitrogen and oxygen atoms in total. The molecule has 1 heterocycles. The molecule has 4 aliphatic rings. The fraction of sp³-hybridized carbons (Fsp3) is 0.0492. The van der Waals surface area contributed by atoms with E-state index < -0.39 is 5.41 Å². The monoisotopic (exact) mass is 802 g/mol. The van der Waals surface area contributed by atoms with Crippen LogP contribution in [-0.4, -0.2) is 6.04 Å². The summed E-state index contributed by atoms with van der Waals surface area (Å²) in [5, 5.41) is 0. The van der Waals surface area contributed by atoms with Crippen molar-refractivity contribution < 1.29 is 0 Å². The van der Waals surface area contributed by atoms with Crippen LogP contribution in [0.4, 0.5) is 28.4 Å². The first kappa shape index (κ1) is 35.8. The fourth-order valence-corrected chi connectivity index (χ4v) is 11.3. The molecule has 2 unspecified atom stereocenters. The molecule has 0 N–H and O–H groups in total. The number of fused-ring (bicyclic) bond motifs is 13. The van der Waals surface area contributed by atoms with Crippen LogP contribution in [0.25, 0.3) is 44.5 Å². The minimum atomic E-state index is -0.428. The number of anilines is 5. The quantitative estimate of drug-likeness (QED) is 0.165. The van der Waals surface area contributed by atoms with Gasteiger partial charge in [0.25, 0.3) is 0 Å². The first-order valence-electron chi connectivity index (χ1n) is 22.1. The predicted molar refractivity (Wildman–Crippen MR) is 262 cm³/mol. The lowest BCUT2D eigenvalue weighted by Gasteiger charge is -2.32. The molecule has 0 amide bonds. The summed E-state index contributed by atoms with van der Waals surface area (Å²) in [6.07, 6.45) is 9.10. The van der Waals surface area contributed by atoms with E-state index in [9.17, 15) is 0 Å². The molecular formula is C61H42N2. The Bertz CT molecular complexity index is 3240. The van der Waals surface area contributed by atoms with Crippen molar-refractivity contribution in [3.63, 3.8) is 0 Å². The number of benzene rings is 9. The second-order valence-corrected chi connectivity index (χ2v) is 17.2. The Morgan fingerprint density at radius 3 is 1.59 bits per heavy atom. The van der Waals surface area contributed by atoms with Crippen LogP contribution in [0.15, 0.2) is 243 Å². The van der Waals surface area contributed by atoms with Gasteiger partial charge in [0, 0.05) is 34.4 Å². The molecule has 0 saturated carbocycles. The Morgan fingerprint density at radius 1 is 0.365 bits per heavy atom. The molecule has 9 aromatic rings. The highest BCUT2D eigenvalue weighted by molar-refractivity contribution is 5.96. The van der Waals surface area contributed by atoms with Crippen LogP contribution in [0, 0.1) is 0 Å². The maximum atomic E-state index is 2.50. The van der Waals surface area contributed by atoms with E-state index in [2.05, 4.69) is 252 Å². The number of hydrogen-bond donors (Lipinski definition) is 0. The van der Waals surface area contributed by atoms with E-state index in [1.807, 2.05) is 0 Å². The smallest absolute Gasteiger partial charge is 0.0726 e. The fourth-order valence-electron chi connectivity index (χ4n) is 11.3. The van der Waals surface area contributed by atoms with Crippen LogP contribution in [0.1, 0.15) is 33.7 Å². The Kier molecular flexibility index (Phi) is 7.98. The normalized spacial score (nSPS) is 16.5. The molecule has 296 valence electrons. The second kappa shape index (κ2) is 14.1. The maximum Gasteiger partial charge on any atom is 0.0726 e. The van der Waals surface area contributed by atoms with Gasteiger partial charge >= 0.3 is 0 Å². The number of nitrogens with zero attached hydrogens (tertiary/aromatic N) is 2. The summed E-state index contributed by atoms with van der Waals surface area (Å²) in [5.74, 6) is 0.296. The van der Waals surface area contributed by atoms with Gasteiger partial charge in [-0.15, -0.1) is 0 Å². The van der Waals surface area contributed by atoms with Crippen LogP contribution in [0.3, 0.4) is 0 Å². The molecule has 2 atom stereocenters.